The van der Waals surface area contributed by atoms with E-state index < -0.39 is 23.8 Å². The molecule has 1 amide bonds. The molecular weight excluding hydrogens is 447 g/mol. The van der Waals surface area contributed by atoms with Crippen LogP contribution < -0.4 is 10.1 Å². The lowest BCUT2D eigenvalue weighted by Crippen LogP contribution is -2.28. The molecule has 34 heavy (non-hydrogen) atoms. The van der Waals surface area contributed by atoms with Crippen molar-refractivity contribution in [3.05, 3.63) is 101 Å². The van der Waals surface area contributed by atoms with Gasteiger partial charge in [-0.15, -0.1) is 0 Å². The van der Waals surface area contributed by atoms with Crippen LogP contribution in [0.5, 0.6) is 5.75 Å². The number of halogens is 3. The molecule has 0 spiro atoms. The number of carbonyl (C=O) groups excluding carboxylic acids is 1. The van der Waals surface area contributed by atoms with Crippen LogP contribution in [0.3, 0.4) is 0 Å². The van der Waals surface area contributed by atoms with E-state index in [9.17, 15) is 23.1 Å². The van der Waals surface area contributed by atoms with Crippen LogP contribution in [-0.2, 0) is 12.8 Å². The highest BCUT2D eigenvalue weighted by Gasteiger charge is 2.31. The highest BCUT2D eigenvalue weighted by molar-refractivity contribution is 5.96. The van der Waals surface area contributed by atoms with Gasteiger partial charge >= 0.3 is 6.18 Å². The van der Waals surface area contributed by atoms with Crippen LogP contribution in [0.2, 0.25) is 0 Å². The molecule has 1 atom stereocenters. The number of carbonyl (C=O) groups is 1. The summed E-state index contributed by atoms with van der Waals surface area (Å²) in [5, 5.41) is 12.8. The van der Waals surface area contributed by atoms with Crippen molar-refractivity contribution in [2.45, 2.75) is 25.8 Å². The highest BCUT2D eigenvalue weighted by atomic mass is 19.4. The number of imidazole rings is 1. The first kappa shape index (κ1) is 23.3. The summed E-state index contributed by atoms with van der Waals surface area (Å²) in [5.74, 6) is -0.199. The van der Waals surface area contributed by atoms with E-state index in [2.05, 4.69) is 10.3 Å². The van der Waals surface area contributed by atoms with Crippen LogP contribution in [0.1, 0.15) is 38.8 Å². The minimum Gasteiger partial charge on any atom is -0.486 e. The first-order chi connectivity index (χ1) is 16.2. The first-order valence-electron chi connectivity index (χ1n) is 10.5. The van der Waals surface area contributed by atoms with Crippen molar-refractivity contribution in [2.24, 2.45) is 0 Å². The quantitative estimate of drug-likeness (QED) is 0.411. The van der Waals surface area contributed by atoms with Gasteiger partial charge in [0.1, 0.15) is 18.0 Å². The first-order valence-corrected chi connectivity index (χ1v) is 10.5. The SMILES string of the molecule is Cc1cccn2cc(COc3ccccc3C(=O)NCC(O)c3cccc(C(F)(F)F)c3)nc12. The fraction of sp³-hybridized carbons (Fsp3) is 0.200. The Kier molecular flexibility index (Phi) is 6.56. The average molecular weight is 469 g/mol. The molecule has 4 aromatic rings. The monoisotopic (exact) mass is 469 g/mol. The molecule has 0 saturated heterocycles. The number of benzene rings is 2. The van der Waals surface area contributed by atoms with Gasteiger partial charge in [0.15, 0.2) is 0 Å². The topological polar surface area (TPSA) is 75.9 Å². The Labute approximate surface area is 193 Å². The van der Waals surface area contributed by atoms with Crippen molar-refractivity contribution in [3.8, 4) is 5.75 Å². The van der Waals surface area contributed by atoms with Crippen LogP contribution in [-0.4, -0.2) is 26.9 Å². The highest BCUT2D eigenvalue weighted by Crippen LogP contribution is 2.30. The van der Waals surface area contributed by atoms with Gasteiger partial charge < -0.3 is 19.6 Å². The standard InChI is InChI=1S/C25H22F3N3O3/c1-16-6-5-11-31-14-19(30-23(16)31)15-34-22-10-3-2-9-20(22)24(33)29-13-21(32)17-7-4-8-18(12-17)25(26,27)28/h2-12,14,21,32H,13,15H2,1H3,(H,29,33). The Balaban J connectivity index is 1.41. The Morgan fingerprint density at radius 2 is 1.94 bits per heavy atom. The summed E-state index contributed by atoms with van der Waals surface area (Å²) in [7, 11) is 0. The summed E-state index contributed by atoms with van der Waals surface area (Å²) in [6.45, 7) is 1.83. The number of aliphatic hydroxyl groups is 1. The molecule has 0 aliphatic rings. The van der Waals surface area contributed by atoms with Crippen LogP contribution in [0.4, 0.5) is 13.2 Å². The van der Waals surface area contributed by atoms with Crippen LogP contribution in [0, 0.1) is 6.92 Å². The average Bonchev–Trinajstić information content (AvgIpc) is 3.25. The number of alkyl halides is 3. The van der Waals surface area contributed by atoms with Gasteiger partial charge in [0.25, 0.3) is 5.91 Å². The Bertz CT molecular complexity index is 1320. The lowest BCUT2D eigenvalue weighted by Gasteiger charge is -2.15. The van der Waals surface area contributed by atoms with Gasteiger partial charge in [0.05, 0.1) is 22.9 Å². The molecule has 0 aliphatic carbocycles. The minimum absolute atomic E-state index is 0.0572. The number of hydrogen-bond acceptors (Lipinski definition) is 4. The largest absolute Gasteiger partial charge is 0.486 e. The number of fused-ring (bicyclic) bond motifs is 1. The maximum atomic E-state index is 12.9. The molecule has 2 N–H and O–H groups in total. The van der Waals surface area contributed by atoms with Crippen molar-refractivity contribution >= 4 is 11.6 Å². The minimum atomic E-state index is -4.52. The second-order valence-corrected chi connectivity index (χ2v) is 7.79. The molecule has 0 saturated carbocycles. The van der Waals surface area contributed by atoms with Gasteiger partial charge in [-0.25, -0.2) is 4.98 Å². The number of hydrogen-bond donors (Lipinski definition) is 2. The molecule has 176 valence electrons. The van der Waals surface area contributed by atoms with E-state index in [1.807, 2.05) is 35.9 Å². The third-order valence-corrected chi connectivity index (χ3v) is 5.29. The van der Waals surface area contributed by atoms with Gasteiger partial charge in [-0.2, -0.15) is 13.2 Å². The molecule has 6 nitrogen and oxygen atoms in total. The summed E-state index contributed by atoms with van der Waals surface area (Å²) in [5.41, 5.74) is 1.95. The molecule has 9 heteroatoms. The van der Waals surface area contributed by atoms with E-state index in [-0.39, 0.29) is 24.3 Å². The number of ether oxygens (including phenoxy) is 1. The van der Waals surface area contributed by atoms with Gasteiger partial charge in [-0.3, -0.25) is 4.79 Å². The summed E-state index contributed by atoms with van der Waals surface area (Å²) >= 11 is 0. The second-order valence-electron chi connectivity index (χ2n) is 7.79. The normalized spacial score (nSPS) is 12.5. The van der Waals surface area contributed by atoms with E-state index in [1.54, 1.807) is 24.3 Å². The van der Waals surface area contributed by atoms with Gasteiger partial charge in [-0.1, -0.05) is 30.3 Å². The molecule has 0 fully saturated rings. The van der Waals surface area contributed by atoms with Crippen LogP contribution in [0.15, 0.2) is 73.1 Å². The van der Waals surface area contributed by atoms with E-state index in [4.69, 9.17) is 4.74 Å². The smallest absolute Gasteiger partial charge is 0.416 e. The molecule has 0 radical (unpaired) electrons. The number of aromatic nitrogens is 2. The van der Waals surface area contributed by atoms with E-state index in [1.165, 1.54) is 12.1 Å². The van der Waals surface area contributed by atoms with Crippen molar-refractivity contribution in [1.29, 1.82) is 0 Å². The summed E-state index contributed by atoms with van der Waals surface area (Å²) < 4.78 is 46.5. The van der Waals surface area contributed by atoms with Gasteiger partial charge in [0, 0.05) is 18.9 Å². The number of rotatable bonds is 7. The number of pyridine rings is 1. The van der Waals surface area contributed by atoms with Crippen LogP contribution in [0.25, 0.3) is 5.65 Å². The Morgan fingerprint density at radius 1 is 1.15 bits per heavy atom. The van der Waals surface area contributed by atoms with Gasteiger partial charge in [-0.05, 0) is 48.4 Å². The van der Waals surface area contributed by atoms with E-state index in [0.717, 1.165) is 23.3 Å². The lowest BCUT2D eigenvalue weighted by molar-refractivity contribution is -0.137. The number of aryl methyl sites for hydroxylation is 1. The summed E-state index contributed by atoms with van der Waals surface area (Å²) in [4.78, 5) is 17.3. The lowest BCUT2D eigenvalue weighted by atomic mass is 10.1. The van der Waals surface area contributed by atoms with Crippen molar-refractivity contribution < 1.29 is 27.8 Å². The molecular formula is C25H22F3N3O3. The van der Waals surface area contributed by atoms with Crippen molar-refractivity contribution in [1.82, 2.24) is 14.7 Å². The zero-order chi connectivity index (χ0) is 24.3. The fourth-order valence-electron chi connectivity index (χ4n) is 3.53. The maximum absolute atomic E-state index is 12.9. The van der Waals surface area contributed by atoms with Crippen molar-refractivity contribution in [3.63, 3.8) is 0 Å². The number of para-hydroxylation sites is 1. The number of aliphatic hydroxyl groups excluding tert-OH is 1. The van der Waals surface area contributed by atoms with Crippen LogP contribution >= 0.6 is 0 Å². The Morgan fingerprint density at radius 3 is 2.71 bits per heavy atom. The molecule has 2 aromatic heterocycles. The molecule has 0 aliphatic heterocycles. The molecule has 2 aromatic carbocycles. The summed E-state index contributed by atoms with van der Waals surface area (Å²) in [6.07, 6.45) is -2.10. The Hall–Kier alpha value is -3.85. The number of amides is 1. The fourth-order valence-corrected chi connectivity index (χ4v) is 3.53. The maximum Gasteiger partial charge on any atom is 0.416 e. The second kappa shape index (κ2) is 9.56. The van der Waals surface area contributed by atoms with Gasteiger partial charge in [0.2, 0.25) is 0 Å². The number of nitrogens with zero attached hydrogens (tertiary/aromatic N) is 2. The predicted molar refractivity (Wildman–Crippen MR) is 119 cm³/mol. The molecule has 4 rings (SSSR count). The predicted octanol–water partition coefficient (Wildman–Crippen LogP) is 4.70. The van der Waals surface area contributed by atoms with E-state index >= 15 is 0 Å². The van der Waals surface area contributed by atoms with E-state index in [0.29, 0.717) is 11.4 Å². The zero-order valence-corrected chi connectivity index (χ0v) is 18.2. The third kappa shape index (κ3) is 5.20. The third-order valence-electron chi connectivity index (χ3n) is 5.29. The molecule has 0 bridgehead atoms. The van der Waals surface area contributed by atoms with Crippen molar-refractivity contribution in [2.75, 3.05) is 6.54 Å². The molecule has 1 unspecified atom stereocenters. The zero-order valence-electron chi connectivity index (χ0n) is 18.2. The summed E-state index contributed by atoms with van der Waals surface area (Å²) in [6, 6.07) is 14.8. The molecule has 2 heterocycles. The number of nitrogens with one attached hydrogen (secondary N) is 1.